The molecule has 0 fully saturated rings. The summed E-state index contributed by atoms with van der Waals surface area (Å²) in [5.41, 5.74) is 3.42. The summed E-state index contributed by atoms with van der Waals surface area (Å²) in [6.45, 7) is 9.53. The first-order chi connectivity index (χ1) is 14.9. The minimum atomic E-state index is -3.89. The second-order valence-corrected chi connectivity index (χ2v) is 10.7. The molecule has 1 amide bonds. The van der Waals surface area contributed by atoms with Crippen molar-refractivity contribution in [3.05, 3.63) is 71.7 Å². The molecule has 0 aliphatic carbocycles. The molecule has 1 aromatic carbocycles. The lowest BCUT2D eigenvalue weighted by molar-refractivity contribution is 0.0285. The van der Waals surface area contributed by atoms with Crippen LogP contribution >= 0.6 is 0 Å². The average molecular weight is 456 g/mol. The Morgan fingerprint density at radius 1 is 1.16 bits per heavy atom. The number of carbonyl (C=O) groups excluding carboxylic acids is 1. The van der Waals surface area contributed by atoms with E-state index in [0.29, 0.717) is 11.3 Å². The summed E-state index contributed by atoms with van der Waals surface area (Å²) in [7, 11) is -2.27. The zero-order valence-electron chi connectivity index (χ0n) is 19.3. The SMILES string of the molecule is Cc1ccc(-c2cc(CN(C)C(=O)OC(C)(C)C)cn2S(=O)(=O)c2cccnc2)c(C)c1. The highest BCUT2D eigenvalue weighted by molar-refractivity contribution is 7.90. The fourth-order valence-corrected chi connectivity index (χ4v) is 4.73. The average Bonchev–Trinajstić information content (AvgIpc) is 3.11. The van der Waals surface area contributed by atoms with Crippen molar-refractivity contribution in [2.75, 3.05) is 7.05 Å². The maximum atomic E-state index is 13.4. The first-order valence-electron chi connectivity index (χ1n) is 10.3. The number of nitrogens with zero attached hydrogens (tertiary/aromatic N) is 3. The second kappa shape index (κ2) is 8.78. The number of ether oxygens (including phenoxy) is 1. The molecule has 7 nitrogen and oxygen atoms in total. The van der Waals surface area contributed by atoms with E-state index < -0.39 is 21.7 Å². The quantitative estimate of drug-likeness (QED) is 0.553. The molecule has 0 N–H and O–H groups in total. The number of benzene rings is 1. The van der Waals surface area contributed by atoms with Crippen LogP contribution in [0.1, 0.15) is 37.5 Å². The van der Waals surface area contributed by atoms with Crippen molar-refractivity contribution < 1.29 is 17.9 Å². The molecule has 0 spiro atoms. The van der Waals surface area contributed by atoms with Crippen molar-refractivity contribution in [1.82, 2.24) is 13.9 Å². The Morgan fingerprint density at radius 3 is 2.47 bits per heavy atom. The lowest BCUT2D eigenvalue weighted by atomic mass is 10.0. The van der Waals surface area contributed by atoms with E-state index in [4.69, 9.17) is 4.74 Å². The van der Waals surface area contributed by atoms with E-state index in [9.17, 15) is 13.2 Å². The smallest absolute Gasteiger partial charge is 0.410 e. The Balaban J connectivity index is 2.08. The van der Waals surface area contributed by atoms with Crippen molar-refractivity contribution >= 4 is 16.1 Å². The van der Waals surface area contributed by atoms with Crippen LogP contribution in [0.3, 0.4) is 0 Å². The van der Waals surface area contributed by atoms with E-state index >= 15 is 0 Å². The second-order valence-electron chi connectivity index (χ2n) is 8.88. The van der Waals surface area contributed by atoms with Gasteiger partial charge in [0.2, 0.25) is 0 Å². The van der Waals surface area contributed by atoms with Gasteiger partial charge >= 0.3 is 6.09 Å². The molecule has 0 saturated carbocycles. The van der Waals surface area contributed by atoms with Crippen LogP contribution in [0.15, 0.2) is 59.9 Å². The molecule has 2 heterocycles. The summed E-state index contributed by atoms with van der Waals surface area (Å²) in [6.07, 6.45) is 3.93. The van der Waals surface area contributed by atoms with Gasteiger partial charge in [-0.05, 0) is 63.9 Å². The van der Waals surface area contributed by atoms with Crippen molar-refractivity contribution in [2.24, 2.45) is 0 Å². The summed E-state index contributed by atoms with van der Waals surface area (Å²) < 4.78 is 33.6. The molecule has 0 bridgehead atoms. The monoisotopic (exact) mass is 455 g/mol. The van der Waals surface area contributed by atoms with E-state index in [1.54, 1.807) is 46.1 Å². The topological polar surface area (TPSA) is 81.5 Å². The van der Waals surface area contributed by atoms with Gasteiger partial charge in [-0.1, -0.05) is 23.8 Å². The molecule has 8 heteroatoms. The molecular weight excluding hydrogens is 426 g/mol. The minimum Gasteiger partial charge on any atom is -0.444 e. The molecule has 32 heavy (non-hydrogen) atoms. The highest BCUT2D eigenvalue weighted by Gasteiger charge is 2.25. The van der Waals surface area contributed by atoms with E-state index in [-0.39, 0.29) is 11.4 Å². The molecule has 0 aliphatic heterocycles. The molecule has 0 aliphatic rings. The number of aryl methyl sites for hydroxylation is 2. The highest BCUT2D eigenvalue weighted by atomic mass is 32.2. The lowest BCUT2D eigenvalue weighted by Gasteiger charge is -2.24. The van der Waals surface area contributed by atoms with Crippen molar-refractivity contribution in [3.8, 4) is 11.3 Å². The van der Waals surface area contributed by atoms with Crippen molar-refractivity contribution in [1.29, 1.82) is 0 Å². The zero-order valence-corrected chi connectivity index (χ0v) is 20.1. The molecule has 0 atom stereocenters. The molecule has 3 aromatic rings. The number of hydrogen-bond acceptors (Lipinski definition) is 5. The van der Waals surface area contributed by atoms with E-state index in [1.807, 2.05) is 32.0 Å². The molecular formula is C24H29N3O4S. The van der Waals surface area contributed by atoms with Gasteiger partial charge in [0, 0.05) is 31.2 Å². The van der Waals surface area contributed by atoms with Gasteiger partial charge < -0.3 is 9.64 Å². The van der Waals surface area contributed by atoms with Gasteiger partial charge in [0.1, 0.15) is 10.5 Å². The third-order valence-corrected chi connectivity index (χ3v) is 6.47. The third-order valence-electron chi connectivity index (χ3n) is 4.82. The first-order valence-corrected chi connectivity index (χ1v) is 11.7. The molecule has 0 unspecified atom stereocenters. The Labute approximate surface area is 189 Å². The van der Waals surface area contributed by atoms with Crippen molar-refractivity contribution in [3.63, 3.8) is 0 Å². The summed E-state index contributed by atoms with van der Waals surface area (Å²) in [5.74, 6) is 0. The van der Waals surface area contributed by atoms with Crippen LogP contribution in [-0.2, 0) is 21.3 Å². The highest BCUT2D eigenvalue weighted by Crippen LogP contribution is 2.30. The van der Waals surface area contributed by atoms with Crippen molar-refractivity contribution in [2.45, 2.75) is 51.7 Å². The Hall–Kier alpha value is -3.13. The predicted octanol–water partition coefficient (Wildman–Crippen LogP) is 4.77. The van der Waals surface area contributed by atoms with E-state index in [0.717, 1.165) is 16.7 Å². The number of pyridine rings is 1. The molecule has 0 saturated heterocycles. The van der Waals surface area contributed by atoms with Crippen LogP contribution in [0, 0.1) is 13.8 Å². The number of carbonyl (C=O) groups is 1. The number of amides is 1. The Kier molecular flexibility index (Phi) is 6.46. The molecule has 3 rings (SSSR count). The van der Waals surface area contributed by atoms with Gasteiger partial charge in [0.25, 0.3) is 10.0 Å². The largest absolute Gasteiger partial charge is 0.444 e. The Morgan fingerprint density at radius 2 is 1.88 bits per heavy atom. The van der Waals surface area contributed by atoms with Crippen LogP contribution in [-0.4, -0.2) is 41.0 Å². The number of aromatic nitrogens is 2. The molecule has 0 radical (unpaired) electrons. The standard InChI is InChI=1S/C24H29N3O4S/c1-17-9-10-21(18(2)12-17)22-13-19(15-26(6)23(28)31-24(3,4)5)16-27(22)32(29,30)20-8-7-11-25-14-20/h7-14,16H,15H2,1-6H3. The summed E-state index contributed by atoms with van der Waals surface area (Å²) in [5, 5.41) is 0. The van der Waals surface area contributed by atoms with Gasteiger partial charge in [0.15, 0.2) is 0 Å². The van der Waals surface area contributed by atoms with Crippen LogP contribution in [0.25, 0.3) is 11.3 Å². The van der Waals surface area contributed by atoms with Gasteiger partial charge in [-0.2, -0.15) is 0 Å². The van der Waals surface area contributed by atoms with Crippen LogP contribution in [0.5, 0.6) is 0 Å². The van der Waals surface area contributed by atoms with Gasteiger partial charge in [-0.25, -0.2) is 17.2 Å². The first kappa shape index (κ1) is 23.5. The van der Waals surface area contributed by atoms with Crippen LogP contribution in [0.4, 0.5) is 4.79 Å². The minimum absolute atomic E-state index is 0.0914. The van der Waals surface area contributed by atoms with Gasteiger partial charge in [0.05, 0.1) is 12.2 Å². The van der Waals surface area contributed by atoms with Gasteiger partial charge in [-0.15, -0.1) is 0 Å². The Bertz CT molecular complexity index is 1230. The summed E-state index contributed by atoms with van der Waals surface area (Å²) in [4.78, 5) is 17.9. The lowest BCUT2D eigenvalue weighted by Crippen LogP contribution is -2.33. The summed E-state index contributed by atoms with van der Waals surface area (Å²) in [6, 6.07) is 10.8. The van der Waals surface area contributed by atoms with Gasteiger partial charge in [-0.3, -0.25) is 4.98 Å². The van der Waals surface area contributed by atoms with Crippen LogP contribution < -0.4 is 0 Å². The molecule has 170 valence electrons. The predicted molar refractivity (Wildman–Crippen MR) is 124 cm³/mol. The zero-order chi connectivity index (χ0) is 23.7. The van der Waals surface area contributed by atoms with E-state index in [2.05, 4.69) is 4.98 Å². The summed E-state index contributed by atoms with van der Waals surface area (Å²) >= 11 is 0. The maximum Gasteiger partial charge on any atom is 0.410 e. The normalized spacial score (nSPS) is 11.9. The van der Waals surface area contributed by atoms with E-state index in [1.165, 1.54) is 27.3 Å². The maximum absolute atomic E-state index is 13.4. The third kappa shape index (κ3) is 5.19. The van der Waals surface area contributed by atoms with Crippen LogP contribution in [0.2, 0.25) is 0 Å². The fourth-order valence-electron chi connectivity index (χ4n) is 3.37. The fraction of sp³-hybridized carbons (Fsp3) is 0.333. The number of rotatable bonds is 5. The molecule has 2 aromatic heterocycles. The number of hydrogen-bond donors (Lipinski definition) is 0.